The van der Waals surface area contributed by atoms with Crippen LogP contribution in [0.4, 0.5) is 0 Å². The SMILES string of the molecule is CC(=O)OC(C)(C)/C=C/C(=O)[C@](C)(O)C1[C@H](O)C[C@@]2(C)[C@@H]3CC=C4[C@@H](C[C@H](O)CC4(C)C)[C@]3(CO)C(=O)C[C@]12C. The molecule has 0 amide bonds. The molecule has 4 N–H and O–H groups in total. The minimum atomic E-state index is -2.01. The van der Waals surface area contributed by atoms with E-state index >= 15 is 0 Å². The second kappa shape index (κ2) is 9.58. The Bertz CT molecular complexity index is 1150. The van der Waals surface area contributed by atoms with Crippen molar-refractivity contribution in [3.8, 4) is 0 Å². The van der Waals surface area contributed by atoms with Crippen LogP contribution in [0.5, 0.6) is 0 Å². The number of esters is 1. The number of hydrogen-bond donors (Lipinski definition) is 4. The summed E-state index contributed by atoms with van der Waals surface area (Å²) in [4.78, 5) is 39.3. The number of aliphatic hydroxyl groups excluding tert-OH is 3. The van der Waals surface area contributed by atoms with Gasteiger partial charge in [-0.3, -0.25) is 14.4 Å². The Morgan fingerprint density at radius 2 is 1.73 bits per heavy atom. The van der Waals surface area contributed by atoms with Crippen molar-refractivity contribution in [2.45, 2.75) is 111 Å². The van der Waals surface area contributed by atoms with E-state index in [2.05, 4.69) is 19.9 Å². The van der Waals surface area contributed by atoms with E-state index in [1.807, 2.05) is 13.8 Å². The molecular formula is C32H48O8. The van der Waals surface area contributed by atoms with Crippen LogP contribution in [0.25, 0.3) is 0 Å². The lowest BCUT2D eigenvalue weighted by Gasteiger charge is -2.65. The molecule has 0 bridgehead atoms. The number of Topliss-reactive ketones (excluding diaryl/α,β-unsaturated/α-hetero) is 1. The fourth-order valence-corrected chi connectivity index (χ4v) is 9.70. The minimum absolute atomic E-state index is 0.00528. The van der Waals surface area contributed by atoms with Crippen LogP contribution in [-0.2, 0) is 19.1 Å². The molecule has 8 nitrogen and oxygen atoms in total. The number of rotatable bonds is 6. The third-order valence-electron chi connectivity index (χ3n) is 11.5. The van der Waals surface area contributed by atoms with E-state index in [0.717, 1.165) is 5.57 Å². The zero-order valence-electron chi connectivity index (χ0n) is 25.3. The third kappa shape index (κ3) is 4.36. The topological polar surface area (TPSA) is 141 Å². The van der Waals surface area contributed by atoms with Crippen LogP contribution >= 0.6 is 0 Å². The highest BCUT2D eigenvalue weighted by Crippen LogP contribution is 2.74. The van der Waals surface area contributed by atoms with Crippen molar-refractivity contribution in [2.75, 3.05) is 6.61 Å². The lowest BCUT2D eigenvalue weighted by Crippen LogP contribution is -2.66. The predicted molar refractivity (Wildman–Crippen MR) is 149 cm³/mol. The monoisotopic (exact) mass is 560 g/mol. The summed E-state index contributed by atoms with van der Waals surface area (Å²) in [5.74, 6) is -2.87. The molecule has 0 aromatic rings. The molecular weight excluding hydrogens is 512 g/mol. The Hall–Kier alpha value is -1.87. The third-order valence-corrected chi connectivity index (χ3v) is 11.5. The van der Waals surface area contributed by atoms with Crippen molar-refractivity contribution in [1.82, 2.24) is 0 Å². The van der Waals surface area contributed by atoms with Gasteiger partial charge in [0.15, 0.2) is 5.78 Å². The van der Waals surface area contributed by atoms with E-state index < -0.39 is 57.3 Å². The van der Waals surface area contributed by atoms with Crippen LogP contribution in [0, 0.1) is 39.4 Å². The molecule has 0 heterocycles. The average Bonchev–Trinajstić information content (AvgIpc) is 3.00. The molecule has 0 aromatic carbocycles. The molecule has 0 radical (unpaired) electrons. The fourth-order valence-electron chi connectivity index (χ4n) is 9.70. The zero-order valence-corrected chi connectivity index (χ0v) is 25.3. The predicted octanol–water partition coefficient (Wildman–Crippen LogP) is 3.29. The highest BCUT2D eigenvalue weighted by Gasteiger charge is 2.75. The summed E-state index contributed by atoms with van der Waals surface area (Å²) in [5.41, 5.74) is -5.01. The van der Waals surface area contributed by atoms with Crippen LogP contribution in [-0.4, -0.2) is 68.0 Å². The molecule has 9 atom stereocenters. The van der Waals surface area contributed by atoms with Crippen molar-refractivity contribution in [3.63, 3.8) is 0 Å². The Kier molecular flexibility index (Phi) is 7.44. The maximum absolute atomic E-state index is 14.4. The highest BCUT2D eigenvalue weighted by atomic mass is 16.6. The number of carbonyl (C=O) groups is 3. The molecule has 0 aliphatic heterocycles. The van der Waals surface area contributed by atoms with Gasteiger partial charge >= 0.3 is 5.97 Å². The van der Waals surface area contributed by atoms with Gasteiger partial charge in [-0.2, -0.15) is 0 Å². The molecule has 224 valence electrons. The van der Waals surface area contributed by atoms with Crippen molar-refractivity contribution in [2.24, 2.45) is 39.4 Å². The molecule has 3 fully saturated rings. The van der Waals surface area contributed by atoms with E-state index in [1.54, 1.807) is 13.8 Å². The van der Waals surface area contributed by atoms with Gasteiger partial charge in [-0.05, 0) is 86.7 Å². The van der Waals surface area contributed by atoms with Gasteiger partial charge in [0.2, 0.25) is 0 Å². The van der Waals surface area contributed by atoms with E-state index in [1.165, 1.54) is 26.0 Å². The van der Waals surface area contributed by atoms with E-state index in [9.17, 15) is 34.8 Å². The molecule has 0 spiro atoms. The van der Waals surface area contributed by atoms with Gasteiger partial charge in [0.1, 0.15) is 17.0 Å². The molecule has 4 rings (SSSR count). The first-order valence-electron chi connectivity index (χ1n) is 14.6. The zero-order chi connectivity index (χ0) is 30.3. The van der Waals surface area contributed by atoms with Crippen molar-refractivity contribution >= 4 is 17.5 Å². The summed E-state index contributed by atoms with van der Waals surface area (Å²) in [6.45, 7) is 13.6. The quantitative estimate of drug-likeness (QED) is 0.220. The molecule has 1 unspecified atom stereocenters. The molecule has 4 aliphatic carbocycles. The van der Waals surface area contributed by atoms with Gasteiger partial charge < -0.3 is 25.2 Å². The maximum atomic E-state index is 14.4. The summed E-state index contributed by atoms with van der Waals surface area (Å²) in [7, 11) is 0. The Labute approximate surface area is 237 Å². The molecule has 0 aromatic heterocycles. The Balaban J connectivity index is 1.76. The van der Waals surface area contributed by atoms with Gasteiger partial charge in [-0.1, -0.05) is 39.3 Å². The fraction of sp³-hybridized carbons (Fsp3) is 0.781. The van der Waals surface area contributed by atoms with Gasteiger partial charge in [0.25, 0.3) is 0 Å². The lowest BCUT2D eigenvalue weighted by molar-refractivity contribution is -0.191. The van der Waals surface area contributed by atoms with Gasteiger partial charge in [-0.25, -0.2) is 0 Å². The van der Waals surface area contributed by atoms with Crippen molar-refractivity contribution < 1.29 is 39.5 Å². The Morgan fingerprint density at radius 1 is 1.10 bits per heavy atom. The molecule has 0 saturated heterocycles. The normalized spacial score (nSPS) is 42.4. The highest BCUT2D eigenvalue weighted by molar-refractivity contribution is 5.97. The summed E-state index contributed by atoms with van der Waals surface area (Å²) in [5, 5.41) is 45.1. The molecule has 4 aliphatic rings. The number of ether oxygens (including phenoxy) is 1. The number of ketones is 2. The lowest BCUT2D eigenvalue weighted by atomic mass is 9.38. The summed E-state index contributed by atoms with van der Waals surface area (Å²) >= 11 is 0. The first kappa shape index (κ1) is 31.1. The summed E-state index contributed by atoms with van der Waals surface area (Å²) in [6, 6.07) is 0. The minimum Gasteiger partial charge on any atom is -0.456 e. The molecule has 3 saturated carbocycles. The number of fused-ring (bicyclic) bond motifs is 5. The van der Waals surface area contributed by atoms with E-state index in [0.29, 0.717) is 19.3 Å². The van der Waals surface area contributed by atoms with Crippen molar-refractivity contribution in [1.29, 1.82) is 0 Å². The average molecular weight is 561 g/mol. The second-order valence-electron chi connectivity index (χ2n) is 14.9. The van der Waals surface area contributed by atoms with Crippen LogP contribution in [0.3, 0.4) is 0 Å². The van der Waals surface area contributed by atoms with Crippen molar-refractivity contribution in [3.05, 3.63) is 23.8 Å². The number of aliphatic hydroxyl groups is 4. The number of carbonyl (C=O) groups excluding carboxylic acids is 3. The van der Waals surface area contributed by atoms with E-state index in [-0.39, 0.29) is 42.5 Å². The summed E-state index contributed by atoms with van der Waals surface area (Å²) < 4.78 is 5.23. The number of hydrogen-bond acceptors (Lipinski definition) is 8. The largest absolute Gasteiger partial charge is 0.456 e. The van der Waals surface area contributed by atoms with Gasteiger partial charge in [-0.15, -0.1) is 0 Å². The Morgan fingerprint density at radius 3 is 2.30 bits per heavy atom. The first-order chi connectivity index (χ1) is 18.2. The van der Waals surface area contributed by atoms with Crippen LogP contribution < -0.4 is 0 Å². The molecule has 40 heavy (non-hydrogen) atoms. The first-order valence-corrected chi connectivity index (χ1v) is 14.6. The van der Waals surface area contributed by atoms with E-state index in [4.69, 9.17) is 4.74 Å². The van der Waals surface area contributed by atoms with Gasteiger partial charge in [0.05, 0.1) is 24.2 Å². The summed E-state index contributed by atoms with van der Waals surface area (Å²) in [6.07, 6.45) is 4.93. The second-order valence-corrected chi connectivity index (χ2v) is 14.9. The van der Waals surface area contributed by atoms with Crippen LogP contribution in [0.2, 0.25) is 0 Å². The smallest absolute Gasteiger partial charge is 0.303 e. The number of allylic oxidation sites excluding steroid dienone is 2. The van der Waals surface area contributed by atoms with Crippen LogP contribution in [0.15, 0.2) is 23.8 Å². The van der Waals surface area contributed by atoms with Crippen LogP contribution in [0.1, 0.15) is 87.5 Å². The van der Waals surface area contributed by atoms with Gasteiger partial charge in [0, 0.05) is 19.3 Å². The standard InChI is InChI=1S/C32H48O8/c1-18(34)40-28(4,5)12-11-24(37)31(8,39)26-22(36)15-29(6)23-10-9-20-21(13-19(35)14-27(20,2)3)32(23,17-33)25(38)16-30(26,29)7/h9,11-12,19,21-23,26,33,35-36,39H,10,13-17H2,1-8H3/b12-11+/t19-,21+,22+,23-,26?,29-,30+,31-,32-/m0/s1. The maximum Gasteiger partial charge on any atom is 0.303 e. The molecule has 8 heteroatoms.